The summed E-state index contributed by atoms with van der Waals surface area (Å²) in [6.45, 7) is 4.55. The third-order valence-electron chi connectivity index (χ3n) is 4.95. The Kier molecular flexibility index (Phi) is 7.45. The zero-order valence-electron chi connectivity index (χ0n) is 16.9. The molecule has 1 amide bonds. The molecule has 0 aromatic heterocycles. The number of carboxylic acid groups (broad SMARTS) is 2. The lowest BCUT2D eigenvalue weighted by Crippen LogP contribution is -2.48. The monoisotopic (exact) mass is 428 g/mol. The van der Waals surface area contributed by atoms with Crippen molar-refractivity contribution in [2.45, 2.75) is 13.0 Å². The minimum absolute atomic E-state index is 0.217. The van der Waals surface area contributed by atoms with Crippen molar-refractivity contribution >= 4 is 17.8 Å². The van der Waals surface area contributed by atoms with Crippen LogP contribution in [-0.2, 0) is 27.3 Å². The number of aliphatic carboxylic acids is 2. The molecule has 1 fully saturated rings. The molecule has 0 unspecified atom stereocenters. The highest BCUT2D eigenvalue weighted by molar-refractivity contribution is 6.27. The van der Waals surface area contributed by atoms with E-state index in [1.54, 1.807) is 0 Å². The van der Waals surface area contributed by atoms with E-state index >= 15 is 0 Å². The number of fused-ring (bicyclic) bond motifs is 1. The first-order valence-corrected chi connectivity index (χ1v) is 9.81. The van der Waals surface area contributed by atoms with Gasteiger partial charge < -0.3 is 24.6 Å². The maximum atomic E-state index is 12.4. The maximum absolute atomic E-state index is 12.4. The standard InChI is InChI=1S/C20H22N2O3.C2H2O4/c23-20(13-16-4-2-1-3-5-16)22-10-8-21(9-11-22)14-17-6-7-18-19(12-17)25-15-24-18;3-1(4)2(5)6/h1-7,12H,8-11,13-15H2;(H,3,4)(H,5,6). The number of hydrogen-bond acceptors (Lipinski definition) is 6. The van der Waals surface area contributed by atoms with Gasteiger partial charge in [0.05, 0.1) is 6.42 Å². The third-order valence-corrected chi connectivity index (χ3v) is 4.95. The highest BCUT2D eigenvalue weighted by atomic mass is 16.7. The summed E-state index contributed by atoms with van der Waals surface area (Å²) in [6.07, 6.45) is 0.489. The number of benzene rings is 2. The number of amides is 1. The van der Waals surface area contributed by atoms with Crippen LogP contribution in [0.15, 0.2) is 48.5 Å². The van der Waals surface area contributed by atoms with Crippen molar-refractivity contribution in [3.05, 3.63) is 59.7 Å². The molecular formula is C22H24N2O7. The van der Waals surface area contributed by atoms with Crippen LogP contribution in [0.3, 0.4) is 0 Å². The fourth-order valence-corrected chi connectivity index (χ4v) is 3.34. The van der Waals surface area contributed by atoms with E-state index in [-0.39, 0.29) is 5.91 Å². The van der Waals surface area contributed by atoms with Gasteiger partial charge in [0.25, 0.3) is 0 Å². The van der Waals surface area contributed by atoms with Crippen molar-refractivity contribution in [2.24, 2.45) is 0 Å². The Hall–Kier alpha value is -3.59. The van der Waals surface area contributed by atoms with E-state index in [2.05, 4.69) is 17.0 Å². The predicted octanol–water partition coefficient (Wildman–Crippen LogP) is 1.46. The van der Waals surface area contributed by atoms with Gasteiger partial charge in [-0.25, -0.2) is 9.59 Å². The van der Waals surface area contributed by atoms with Crippen molar-refractivity contribution in [2.75, 3.05) is 33.0 Å². The Morgan fingerprint density at radius 2 is 1.45 bits per heavy atom. The molecule has 1 saturated heterocycles. The number of rotatable bonds is 4. The van der Waals surface area contributed by atoms with Crippen molar-refractivity contribution in [1.29, 1.82) is 0 Å². The first-order chi connectivity index (χ1) is 14.9. The van der Waals surface area contributed by atoms with E-state index in [0.29, 0.717) is 13.2 Å². The quantitative estimate of drug-likeness (QED) is 0.703. The first-order valence-electron chi connectivity index (χ1n) is 9.81. The van der Waals surface area contributed by atoms with Gasteiger partial charge in [0.1, 0.15) is 0 Å². The first kappa shape index (κ1) is 22.1. The van der Waals surface area contributed by atoms with Crippen LogP contribution in [0.5, 0.6) is 11.5 Å². The molecule has 0 saturated carbocycles. The van der Waals surface area contributed by atoms with E-state index < -0.39 is 11.9 Å². The number of carbonyl (C=O) groups is 3. The Labute approximate surface area is 179 Å². The average Bonchev–Trinajstić information content (AvgIpc) is 3.23. The van der Waals surface area contributed by atoms with Crippen LogP contribution >= 0.6 is 0 Å². The molecule has 9 heteroatoms. The van der Waals surface area contributed by atoms with Crippen molar-refractivity contribution in [3.63, 3.8) is 0 Å². The van der Waals surface area contributed by atoms with E-state index in [9.17, 15) is 4.79 Å². The second-order valence-corrected chi connectivity index (χ2v) is 7.12. The molecule has 0 aliphatic carbocycles. The molecule has 2 heterocycles. The van der Waals surface area contributed by atoms with Gasteiger partial charge in [-0.3, -0.25) is 9.69 Å². The number of hydrogen-bond donors (Lipinski definition) is 2. The second-order valence-electron chi connectivity index (χ2n) is 7.12. The molecule has 0 spiro atoms. The molecule has 2 aromatic carbocycles. The molecule has 2 N–H and O–H groups in total. The molecule has 9 nitrogen and oxygen atoms in total. The van der Waals surface area contributed by atoms with Crippen LogP contribution < -0.4 is 9.47 Å². The number of carbonyl (C=O) groups excluding carboxylic acids is 1. The molecule has 0 bridgehead atoms. The van der Waals surface area contributed by atoms with Crippen LogP contribution in [0.25, 0.3) is 0 Å². The predicted molar refractivity (Wildman–Crippen MR) is 110 cm³/mol. The second kappa shape index (κ2) is 10.4. The van der Waals surface area contributed by atoms with Crippen molar-refractivity contribution < 1.29 is 34.1 Å². The number of ether oxygens (including phenoxy) is 2. The average molecular weight is 428 g/mol. The van der Waals surface area contributed by atoms with Crippen molar-refractivity contribution in [3.8, 4) is 11.5 Å². The summed E-state index contributed by atoms with van der Waals surface area (Å²) in [6, 6.07) is 16.1. The maximum Gasteiger partial charge on any atom is 0.414 e. The fourth-order valence-electron chi connectivity index (χ4n) is 3.34. The zero-order valence-corrected chi connectivity index (χ0v) is 16.9. The normalized spacial score (nSPS) is 15.0. The van der Waals surface area contributed by atoms with E-state index in [1.165, 1.54) is 5.56 Å². The molecule has 2 aliphatic heterocycles. The summed E-state index contributed by atoms with van der Waals surface area (Å²) in [5.74, 6) is -1.78. The van der Waals surface area contributed by atoms with Crippen LogP contribution in [-0.4, -0.2) is 70.8 Å². The van der Waals surface area contributed by atoms with Gasteiger partial charge in [-0.2, -0.15) is 0 Å². The zero-order chi connectivity index (χ0) is 22.2. The topological polar surface area (TPSA) is 117 Å². The minimum Gasteiger partial charge on any atom is -0.473 e. The van der Waals surface area contributed by atoms with Gasteiger partial charge in [-0.15, -0.1) is 0 Å². The molecule has 164 valence electrons. The molecule has 0 atom stereocenters. The molecule has 4 rings (SSSR count). The largest absolute Gasteiger partial charge is 0.473 e. The minimum atomic E-state index is -1.82. The number of carboxylic acids is 2. The molecule has 31 heavy (non-hydrogen) atoms. The summed E-state index contributed by atoms with van der Waals surface area (Å²) < 4.78 is 10.8. The fraction of sp³-hybridized carbons (Fsp3) is 0.318. The van der Waals surface area contributed by atoms with Crippen LogP contribution in [0.1, 0.15) is 11.1 Å². The Bertz CT molecular complexity index is 913. The van der Waals surface area contributed by atoms with Gasteiger partial charge in [0.2, 0.25) is 12.7 Å². The lowest BCUT2D eigenvalue weighted by Gasteiger charge is -2.34. The van der Waals surface area contributed by atoms with Gasteiger partial charge in [0, 0.05) is 32.7 Å². The van der Waals surface area contributed by atoms with E-state index in [0.717, 1.165) is 49.8 Å². The summed E-state index contributed by atoms with van der Waals surface area (Å²) >= 11 is 0. The van der Waals surface area contributed by atoms with Gasteiger partial charge >= 0.3 is 11.9 Å². The Morgan fingerprint density at radius 3 is 2.10 bits per heavy atom. The smallest absolute Gasteiger partial charge is 0.414 e. The summed E-state index contributed by atoms with van der Waals surface area (Å²) in [5.41, 5.74) is 2.30. The molecule has 2 aromatic rings. The number of piperazine rings is 1. The Morgan fingerprint density at radius 1 is 0.806 bits per heavy atom. The summed E-state index contributed by atoms with van der Waals surface area (Å²) in [4.78, 5) is 35.0. The van der Waals surface area contributed by atoms with Crippen LogP contribution in [0, 0.1) is 0 Å². The molecule has 2 aliphatic rings. The highest BCUT2D eigenvalue weighted by Crippen LogP contribution is 2.32. The molecule has 0 radical (unpaired) electrons. The summed E-state index contributed by atoms with van der Waals surface area (Å²) in [5, 5.41) is 14.8. The van der Waals surface area contributed by atoms with Crippen LogP contribution in [0.4, 0.5) is 0 Å². The summed E-state index contributed by atoms with van der Waals surface area (Å²) in [7, 11) is 0. The van der Waals surface area contributed by atoms with Crippen molar-refractivity contribution in [1.82, 2.24) is 9.80 Å². The van der Waals surface area contributed by atoms with Gasteiger partial charge in [-0.1, -0.05) is 36.4 Å². The molecular weight excluding hydrogens is 404 g/mol. The lowest BCUT2D eigenvalue weighted by atomic mass is 10.1. The lowest BCUT2D eigenvalue weighted by molar-refractivity contribution is -0.159. The van der Waals surface area contributed by atoms with Crippen LogP contribution in [0.2, 0.25) is 0 Å². The third kappa shape index (κ3) is 6.45. The van der Waals surface area contributed by atoms with E-state index in [4.69, 9.17) is 29.3 Å². The van der Waals surface area contributed by atoms with Gasteiger partial charge in [0.15, 0.2) is 11.5 Å². The highest BCUT2D eigenvalue weighted by Gasteiger charge is 2.22. The van der Waals surface area contributed by atoms with Gasteiger partial charge in [-0.05, 0) is 23.3 Å². The Balaban J connectivity index is 0.000000401. The van der Waals surface area contributed by atoms with E-state index in [1.807, 2.05) is 41.3 Å². The SMILES string of the molecule is O=C(Cc1ccccc1)N1CCN(Cc2ccc3c(c2)OCO3)CC1.O=C(O)C(=O)O. The number of nitrogens with zero attached hydrogens (tertiary/aromatic N) is 2.